The molecule has 1 amide bonds. The van der Waals surface area contributed by atoms with Crippen LogP contribution >= 0.6 is 11.3 Å². The highest BCUT2D eigenvalue weighted by atomic mass is 32.2. The first-order chi connectivity index (χ1) is 12.3. The zero-order valence-electron chi connectivity index (χ0n) is 15.5. The minimum Gasteiger partial charge on any atom is -0.351 e. The fourth-order valence-corrected chi connectivity index (χ4v) is 8.59. The molecule has 5 nitrogen and oxygen atoms in total. The minimum atomic E-state index is -3.52. The van der Waals surface area contributed by atoms with E-state index in [1.807, 2.05) is 0 Å². The van der Waals surface area contributed by atoms with Crippen LogP contribution in [0.25, 0.3) is 0 Å². The van der Waals surface area contributed by atoms with E-state index in [2.05, 4.69) is 17.0 Å². The van der Waals surface area contributed by atoms with Crippen LogP contribution in [0.15, 0.2) is 16.3 Å². The third-order valence-electron chi connectivity index (χ3n) is 6.75. The summed E-state index contributed by atoms with van der Waals surface area (Å²) in [5.41, 5.74) is 0.151. The Morgan fingerprint density at radius 3 is 2.31 bits per heavy atom. The van der Waals surface area contributed by atoms with Gasteiger partial charge < -0.3 is 5.32 Å². The predicted molar refractivity (Wildman–Crippen MR) is 102 cm³/mol. The van der Waals surface area contributed by atoms with Crippen molar-refractivity contribution in [1.82, 2.24) is 10.0 Å². The molecule has 4 saturated carbocycles. The Hall–Kier alpha value is -0.920. The Kier molecular flexibility index (Phi) is 4.68. The van der Waals surface area contributed by atoms with Crippen molar-refractivity contribution >= 4 is 27.3 Å². The standard InChI is InChI=1S/C19H28N2O3S2/c1-12(19-8-14-5-15(9-19)7-16(6-14)10-19)21-26(23,24)18-4-3-17(25-18)11-20-13(2)22/h3-4,12,14-16,21H,5-11H2,1-2H3,(H,20,22). The Balaban J connectivity index is 1.47. The number of carbonyl (C=O) groups is 1. The average Bonchev–Trinajstić information content (AvgIpc) is 3.01. The summed E-state index contributed by atoms with van der Waals surface area (Å²) in [4.78, 5) is 11.9. The van der Waals surface area contributed by atoms with Crippen molar-refractivity contribution in [2.45, 2.75) is 69.2 Å². The summed E-state index contributed by atoms with van der Waals surface area (Å²) in [6, 6.07) is 3.41. The summed E-state index contributed by atoms with van der Waals surface area (Å²) in [5.74, 6) is 2.30. The van der Waals surface area contributed by atoms with E-state index >= 15 is 0 Å². The molecule has 4 bridgehead atoms. The van der Waals surface area contributed by atoms with Gasteiger partial charge in [-0.1, -0.05) is 0 Å². The van der Waals surface area contributed by atoms with Crippen LogP contribution in [-0.4, -0.2) is 20.4 Å². The number of sulfonamides is 1. The van der Waals surface area contributed by atoms with Gasteiger partial charge in [-0.15, -0.1) is 11.3 Å². The normalized spacial score (nSPS) is 34.0. The highest BCUT2D eigenvalue weighted by molar-refractivity contribution is 7.91. The van der Waals surface area contributed by atoms with E-state index in [-0.39, 0.29) is 17.4 Å². The number of thiophene rings is 1. The molecule has 144 valence electrons. The second-order valence-corrected chi connectivity index (χ2v) is 11.9. The summed E-state index contributed by atoms with van der Waals surface area (Å²) in [6.07, 6.45) is 7.62. The smallest absolute Gasteiger partial charge is 0.250 e. The molecule has 26 heavy (non-hydrogen) atoms. The molecule has 1 aromatic rings. The fraction of sp³-hybridized carbons (Fsp3) is 0.737. The molecule has 2 N–H and O–H groups in total. The summed E-state index contributed by atoms with van der Waals surface area (Å²) in [5, 5.41) is 2.71. The van der Waals surface area contributed by atoms with Crippen LogP contribution in [0.1, 0.15) is 57.2 Å². The maximum Gasteiger partial charge on any atom is 0.250 e. The first-order valence-corrected chi connectivity index (χ1v) is 11.9. The van der Waals surface area contributed by atoms with E-state index in [4.69, 9.17) is 0 Å². The summed E-state index contributed by atoms with van der Waals surface area (Å²) in [6.45, 7) is 3.90. The molecule has 4 aliphatic carbocycles. The molecule has 0 aromatic carbocycles. The highest BCUT2D eigenvalue weighted by Crippen LogP contribution is 2.61. The van der Waals surface area contributed by atoms with Gasteiger partial charge >= 0.3 is 0 Å². The maximum absolute atomic E-state index is 12.9. The molecule has 4 fully saturated rings. The molecular formula is C19H28N2O3S2. The lowest BCUT2D eigenvalue weighted by Gasteiger charge is -2.59. The number of nitrogens with one attached hydrogen (secondary N) is 2. The van der Waals surface area contributed by atoms with Gasteiger partial charge in [0.05, 0.1) is 6.54 Å². The zero-order chi connectivity index (χ0) is 18.5. The lowest BCUT2D eigenvalue weighted by Crippen LogP contribution is -2.55. The van der Waals surface area contributed by atoms with Crippen LogP contribution in [0, 0.1) is 23.2 Å². The van der Waals surface area contributed by atoms with E-state index in [0.717, 1.165) is 22.6 Å². The second kappa shape index (κ2) is 6.60. The van der Waals surface area contributed by atoms with Crippen LogP contribution in [0.5, 0.6) is 0 Å². The Bertz CT molecular complexity index is 764. The van der Waals surface area contributed by atoms with Crippen molar-refractivity contribution < 1.29 is 13.2 Å². The molecule has 0 aliphatic heterocycles. The Labute approximate surface area is 160 Å². The monoisotopic (exact) mass is 396 g/mol. The first-order valence-electron chi connectivity index (χ1n) is 9.61. The number of carbonyl (C=O) groups excluding carboxylic acids is 1. The average molecular weight is 397 g/mol. The molecule has 0 saturated heterocycles. The minimum absolute atomic E-state index is 0.0261. The molecule has 1 aromatic heterocycles. The van der Waals surface area contributed by atoms with Crippen molar-refractivity contribution in [1.29, 1.82) is 0 Å². The Morgan fingerprint density at radius 1 is 1.19 bits per heavy atom. The lowest BCUT2D eigenvalue weighted by atomic mass is 9.48. The van der Waals surface area contributed by atoms with Crippen LogP contribution in [0.4, 0.5) is 0 Å². The van der Waals surface area contributed by atoms with Crippen molar-refractivity contribution in [3.05, 3.63) is 17.0 Å². The van der Waals surface area contributed by atoms with Crippen LogP contribution in [0.2, 0.25) is 0 Å². The quantitative estimate of drug-likeness (QED) is 0.775. The summed E-state index contributed by atoms with van der Waals surface area (Å²) < 4.78 is 29.1. The molecular weight excluding hydrogens is 368 g/mol. The molecule has 1 atom stereocenters. The number of rotatable bonds is 6. The lowest BCUT2D eigenvalue weighted by molar-refractivity contribution is -0.119. The van der Waals surface area contributed by atoms with E-state index in [0.29, 0.717) is 10.8 Å². The van der Waals surface area contributed by atoms with Crippen LogP contribution in [-0.2, 0) is 21.4 Å². The topological polar surface area (TPSA) is 75.3 Å². The molecule has 0 spiro atoms. The van der Waals surface area contributed by atoms with Gasteiger partial charge in [0.15, 0.2) is 0 Å². The zero-order valence-corrected chi connectivity index (χ0v) is 17.1. The van der Waals surface area contributed by atoms with Crippen molar-refractivity contribution in [2.75, 3.05) is 0 Å². The van der Waals surface area contributed by atoms with Gasteiger partial charge in [-0.25, -0.2) is 13.1 Å². The van der Waals surface area contributed by atoms with Crippen LogP contribution in [0.3, 0.4) is 0 Å². The second-order valence-electron chi connectivity index (χ2n) is 8.75. The van der Waals surface area contributed by atoms with E-state index < -0.39 is 10.0 Å². The SMILES string of the molecule is CC(=O)NCc1ccc(S(=O)(=O)NC(C)C23CC4CC(CC(C4)C2)C3)s1. The van der Waals surface area contributed by atoms with Gasteiger partial charge in [-0.05, 0) is 80.8 Å². The van der Waals surface area contributed by atoms with Gasteiger partial charge in [0.1, 0.15) is 4.21 Å². The largest absolute Gasteiger partial charge is 0.351 e. The van der Waals surface area contributed by atoms with E-state index in [9.17, 15) is 13.2 Å². The predicted octanol–water partition coefficient (Wildman–Crippen LogP) is 3.27. The van der Waals surface area contributed by atoms with Gasteiger partial charge in [0, 0.05) is 17.8 Å². The van der Waals surface area contributed by atoms with Gasteiger partial charge in [0.25, 0.3) is 0 Å². The third-order valence-corrected chi connectivity index (χ3v) is 9.87. The molecule has 7 heteroatoms. The van der Waals surface area contributed by atoms with Gasteiger partial charge in [-0.2, -0.15) is 0 Å². The summed E-state index contributed by atoms with van der Waals surface area (Å²) >= 11 is 1.24. The third kappa shape index (κ3) is 3.45. The number of amides is 1. The van der Waals surface area contributed by atoms with E-state index in [1.165, 1.54) is 56.8 Å². The van der Waals surface area contributed by atoms with Crippen LogP contribution < -0.4 is 10.0 Å². The van der Waals surface area contributed by atoms with Crippen molar-refractivity contribution in [3.8, 4) is 0 Å². The molecule has 0 radical (unpaired) electrons. The number of hydrogen-bond donors (Lipinski definition) is 2. The van der Waals surface area contributed by atoms with Gasteiger partial charge in [-0.3, -0.25) is 4.79 Å². The summed E-state index contributed by atoms with van der Waals surface area (Å²) in [7, 11) is -3.52. The highest BCUT2D eigenvalue weighted by Gasteiger charge is 2.53. The van der Waals surface area contributed by atoms with E-state index in [1.54, 1.807) is 12.1 Å². The maximum atomic E-state index is 12.9. The fourth-order valence-electron chi connectivity index (χ4n) is 5.93. The van der Waals surface area contributed by atoms with Gasteiger partial charge in [0.2, 0.25) is 15.9 Å². The molecule has 1 heterocycles. The first kappa shape index (κ1) is 18.4. The molecule has 4 aliphatic rings. The van der Waals surface area contributed by atoms with Crippen molar-refractivity contribution in [3.63, 3.8) is 0 Å². The molecule has 5 rings (SSSR count). The Morgan fingerprint density at radius 2 is 1.77 bits per heavy atom. The number of hydrogen-bond acceptors (Lipinski definition) is 4. The molecule has 1 unspecified atom stereocenters. The van der Waals surface area contributed by atoms with Crippen molar-refractivity contribution in [2.24, 2.45) is 23.2 Å².